The van der Waals surface area contributed by atoms with Crippen LogP contribution in [0.5, 0.6) is 0 Å². The van der Waals surface area contributed by atoms with E-state index in [1.165, 1.54) is 18.9 Å². The van der Waals surface area contributed by atoms with Gasteiger partial charge in [0, 0.05) is 0 Å². The standard InChI is InChI=1S/C13H15N3O5/c1-8-4-5-9(21-8)7-16-10(6-11(17)19-2)12(14-15-16)13(18)20-3/h4-5H,6-7H2,1-3H3. The van der Waals surface area contributed by atoms with E-state index >= 15 is 0 Å². The Kier molecular flexibility index (Phi) is 4.36. The molecule has 2 aromatic heterocycles. The topological polar surface area (TPSA) is 96.5 Å². The number of aromatic nitrogens is 3. The van der Waals surface area contributed by atoms with Crippen LogP contribution < -0.4 is 0 Å². The third-order valence-electron chi connectivity index (χ3n) is 2.86. The van der Waals surface area contributed by atoms with E-state index < -0.39 is 11.9 Å². The molecule has 112 valence electrons. The normalized spacial score (nSPS) is 10.4. The molecule has 0 saturated heterocycles. The van der Waals surface area contributed by atoms with Gasteiger partial charge in [-0.2, -0.15) is 0 Å². The molecule has 0 bridgehead atoms. The Hall–Kier alpha value is -2.64. The first-order valence-electron chi connectivity index (χ1n) is 6.18. The maximum absolute atomic E-state index is 11.7. The Morgan fingerprint density at radius 2 is 2.05 bits per heavy atom. The first kappa shape index (κ1) is 14.8. The zero-order chi connectivity index (χ0) is 15.4. The van der Waals surface area contributed by atoms with Gasteiger partial charge in [0.15, 0.2) is 5.69 Å². The Bertz CT molecular complexity index is 659. The summed E-state index contributed by atoms with van der Waals surface area (Å²) in [5.74, 6) is 0.239. The zero-order valence-corrected chi connectivity index (χ0v) is 12.0. The van der Waals surface area contributed by atoms with E-state index in [2.05, 4.69) is 19.8 Å². The van der Waals surface area contributed by atoms with Crippen molar-refractivity contribution in [1.29, 1.82) is 0 Å². The Morgan fingerprint density at radius 3 is 2.62 bits per heavy atom. The summed E-state index contributed by atoms with van der Waals surface area (Å²) in [5.41, 5.74) is 0.314. The molecule has 0 unspecified atom stereocenters. The average molecular weight is 293 g/mol. The van der Waals surface area contributed by atoms with Crippen molar-refractivity contribution in [2.24, 2.45) is 0 Å². The second-order valence-electron chi connectivity index (χ2n) is 4.30. The van der Waals surface area contributed by atoms with E-state index in [9.17, 15) is 9.59 Å². The van der Waals surface area contributed by atoms with Crippen LogP contribution in [0.4, 0.5) is 0 Å². The van der Waals surface area contributed by atoms with Crippen molar-refractivity contribution in [2.75, 3.05) is 14.2 Å². The lowest BCUT2D eigenvalue weighted by molar-refractivity contribution is -0.139. The van der Waals surface area contributed by atoms with Gasteiger partial charge in [0.05, 0.1) is 26.3 Å². The molecule has 8 nitrogen and oxygen atoms in total. The summed E-state index contributed by atoms with van der Waals surface area (Å²) in [6, 6.07) is 3.60. The van der Waals surface area contributed by atoms with Crippen LogP contribution >= 0.6 is 0 Å². The lowest BCUT2D eigenvalue weighted by Crippen LogP contribution is -2.15. The van der Waals surface area contributed by atoms with E-state index in [4.69, 9.17) is 4.42 Å². The smallest absolute Gasteiger partial charge is 0.360 e. The molecule has 0 aliphatic carbocycles. The molecule has 0 aliphatic rings. The second-order valence-corrected chi connectivity index (χ2v) is 4.30. The van der Waals surface area contributed by atoms with Crippen molar-refractivity contribution >= 4 is 11.9 Å². The molecule has 2 aromatic rings. The van der Waals surface area contributed by atoms with E-state index in [1.807, 2.05) is 13.0 Å². The van der Waals surface area contributed by atoms with Crippen LogP contribution in [0.25, 0.3) is 0 Å². The van der Waals surface area contributed by atoms with Crippen molar-refractivity contribution in [3.05, 3.63) is 35.0 Å². The van der Waals surface area contributed by atoms with Crippen molar-refractivity contribution in [1.82, 2.24) is 15.0 Å². The van der Waals surface area contributed by atoms with Gasteiger partial charge < -0.3 is 13.9 Å². The maximum atomic E-state index is 11.7. The number of methoxy groups -OCH3 is 2. The van der Waals surface area contributed by atoms with Gasteiger partial charge in [-0.25, -0.2) is 9.48 Å². The highest BCUT2D eigenvalue weighted by atomic mass is 16.5. The highest BCUT2D eigenvalue weighted by Gasteiger charge is 2.23. The van der Waals surface area contributed by atoms with Gasteiger partial charge >= 0.3 is 11.9 Å². The highest BCUT2D eigenvalue weighted by molar-refractivity contribution is 5.89. The van der Waals surface area contributed by atoms with E-state index in [1.54, 1.807) is 6.07 Å². The fourth-order valence-corrected chi connectivity index (χ4v) is 1.82. The fraction of sp³-hybridized carbons (Fsp3) is 0.385. The molecule has 0 radical (unpaired) electrons. The Labute approximate surface area is 120 Å². The minimum absolute atomic E-state index is 0.00817. The molecule has 2 rings (SSSR count). The summed E-state index contributed by atoms with van der Waals surface area (Å²) in [5, 5.41) is 7.64. The first-order valence-corrected chi connectivity index (χ1v) is 6.18. The van der Waals surface area contributed by atoms with E-state index in [0.717, 1.165) is 5.76 Å². The molecule has 0 atom stereocenters. The molecule has 0 aromatic carbocycles. The van der Waals surface area contributed by atoms with Crippen LogP contribution in [-0.4, -0.2) is 41.2 Å². The maximum Gasteiger partial charge on any atom is 0.360 e. The zero-order valence-electron chi connectivity index (χ0n) is 12.0. The fourth-order valence-electron chi connectivity index (χ4n) is 1.82. The molecule has 0 amide bonds. The monoisotopic (exact) mass is 293 g/mol. The average Bonchev–Trinajstić information content (AvgIpc) is 3.05. The molecule has 0 saturated carbocycles. The minimum atomic E-state index is -0.657. The molecular weight excluding hydrogens is 278 g/mol. The summed E-state index contributed by atoms with van der Waals surface area (Å²) in [4.78, 5) is 23.1. The molecule has 0 N–H and O–H groups in total. The van der Waals surface area contributed by atoms with Gasteiger partial charge in [0.1, 0.15) is 18.1 Å². The summed E-state index contributed by atoms with van der Waals surface area (Å²) < 4.78 is 16.1. The van der Waals surface area contributed by atoms with Gasteiger partial charge in [-0.3, -0.25) is 4.79 Å². The molecule has 8 heteroatoms. The highest BCUT2D eigenvalue weighted by Crippen LogP contribution is 2.13. The number of esters is 2. The van der Waals surface area contributed by atoms with Crippen molar-refractivity contribution in [3.8, 4) is 0 Å². The minimum Gasteiger partial charge on any atom is -0.469 e. The number of aryl methyl sites for hydroxylation is 1. The van der Waals surface area contributed by atoms with Gasteiger partial charge in [-0.1, -0.05) is 5.21 Å². The number of carbonyl (C=O) groups is 2. The predicted molar refractivity (Wildman–Crippen MR) is 69.6 cm³/mol. The summed E-state index contributed by atoms with van der Waals surface area (Å²) in [6.45, 7) is 2.07. The van der Waals surface area contributed by atoms with E-state index in [0.29, 0.717) is 11.5 Å². The first-order chi connectivity index (χ1) is 10.0. The second kappa shape index (κ2) is 6.21. The lowest BCUT2D eigenvalue weighted by Gasteiger charge is -2.05. The predicted octanol–water partition coefficient (Wildman–Crippen LogP) is 0.730. The van der Waals surface area contributed by atoms with Crippen LogP contribution in [-0.2, 0) is 27.2 Å². The summed E-state index contributed by atoms with van der Waals surface area (Å²) >= 11 is 0. The molecular formula is C13H15N3O5. The van der Waals surface area contributed by atoms with Crippen LogP contribution in [0.1, 0.15) is 27.7 Å². The van der Waals surface area contributed by atoms with Gasteiger partial charge in [0.2, 0.25) is 0 Å². The van der Waals surface area contributed by atoms with E-state index in [-0.39, 0.29) is 18.7 Å². The molecule has 2 heterocycles. The number of furan rings is 1. The van der Waals surface area contributed by atoms with Crippen molar-refractivity contribution in [2.45, 2.75) is 19.9 Å². The summed E-state index contributed by atoms with van der Waals surface area (Å²) in [6.07, 6.45) is -0.131. The number of rotatable bonds is 5. The number of hydrogen-bond acceptors (Lipinski definition) is 7. The number of ether oxygens (including phenoxy) is 2. The third kappa shape index (κ3) is 3.28. The van der Waals surface area contributed by atoms with Gasteiger partial charge in [-0.15, -0.1) is 5.10 Å². The molecule has 0 spiro atoms. The van der Waals surface area contributed by atoms with Crippen LogP contribution in [0, 0.1) is 6.92 Å². The molecule has 21 heavy (non-hydrogen) atoms. The number of nitrogens with zero attached hydrogens (tertiary/aromatic N) is 3. The van der Waals surface area contributed by atoms with Crippen LogP contribution in [0.2, 0.25) is 0 Å². The SMILES string of the molecule is COC(=O)Cc1c(C(=O)OC)nnn1Cc1ccc(C)o1. The van der Waals surface area contributed by atoms with Crippen LogP contribution in [0.15, 0.2) is 16.5 Å². The number of hydrogen-bond donors (Lipinski definition) is 0. The quantitative estimate of drug-likeness (QED) is 0.750. The van der Waals surface area contributed by atoms with Gasteiger partial charge in [0.25, 0.3) is 0 Å². The largest absolute Gasteiger partial charge is 0.469 e. The summed E-state index contributed by atoms with van der Waals surface area (Å²) in [7, 11) is 2.50. The Morgan fingerprint density at radius 1 is 1.29 bits per heavy atom. The molecule has 0 aliphatic heterocycles. The number of carbonyl (C=O) groups excluding carboxylic acids is 2. The lowest BCUT2D eigenvalue weighted by atomic mass is 10.2. The Balaban J connectivity index is 2.33. The molecule has 0 fully saturated rings. The van der Waals surface area contributed by atoms with Crippen molar-refractivity contribution in [3.63, 3.8) is 0 Å². The van der Waals surface area contributed by atoms with Gasteiger partial charge in [-0.05, 0) is 19.1 Å². The van der Waals surface area contributed by atoms with Crippen LogP contribution in [0.3, 0.4) is 0 Å². The third-order valence-corrected chi connectivity index (χ3v) is 2.86. The van der Waals surface area contributed by atoms with Crippen molar-refractivity contribution < 1.29 is 23.5 Å².